The lowest BCUT2D eigenvalue weighted by Gasteiger charge is -2.30. The van der Waals surface area contributed by atoms with Gasteiger partial charge in [-0.05, 0) is 55.7 Å². The second-order valence-corrected chi connectivity index (χ2v) is 9.49. The van der Waals surface area contributed by atoms with Crippen molar-refractivity contribution in [2.75, 3.05) is 17.8 Å². The van der Waals surface area contributed by atoms with E-state index in [1.165, 1.54) is 6.92 Å². The minimum absolute atomic E-state index is 0.145. The number of thioether (sulfide) groups is 1. The number of hydrogen-bond donors (Lipinski definition) is 0. The predicted molar refractivity (Wildman–Crippen MR) is 130 cm³/mol. The van der Waals surface area contributed by atoms with E-state index in [1.54, 1.807) is 23.8 Å². The molecule has 0 saturated carbocycles. The van der Waals surface area contributed by atoms with Crippen LogP contribution in [0, 0.1) is 12.8 Å². The van der Waals surface area contributed by atoms with Crippen LogP contribution in [0.2, 0.25) is 0 Å². The summed E-state index contributed by atoms with van der Waals surface area (Å²) in [5, 5.41) is 9.41. The molecule has 2 aromatic carbocycles. The highest BCUT2D eigenvalue weighted by molar-refractivity contribution is 7.99. The monoisotopic (exact) mass is 464 g/mol. The lowest BCUT2D eigenvalue weighted by Crippen LogP contribution is -2.36. The van der Waals surface area contributed by atoms with Crippen molar-refractivity contribution in [1.29, 1.82) is 0 Å². The molecular formula is C25H28N4O3S. The molecule has 2 heterocycles. The number of carbonyl (C=O) groups is 1. The van der Waals surface area contributed by atoms with Gasteiger partial charge in [0.2, 0.25) is 23.2 Å². The van der Waals surface area contributed by atoms with Gasteiger partial charge in [-0.1, -0.05) is 37.2 Å². The van der Waals surface area contributed by atoms with Crippen molar-refractivity contribution in [2.24, 2.45) is 5.92 Å². The van der Waals surface area contributed by atoms with Gasteiger partial charge in [-0.25, -0.2) is 0 Å². The van der Waals surface area contributed by atoms with Gasteiger partial charge in [-0.15, -0.1) is 10.2 Å². The fourth-order valence-corrected chi connectivity index (χ4v) is 4.67. The van der Waals surface area contributed by atoms with Crippen molar-refractivity contribution in [2.45, 2.75) is 45.5 Å². The lowest BCUT2D eigenvalue weighted by molar-refractivity contribution is -0.118. The van der Waals surface area contributed by atoms with Gasteiger partial charge in [-0.3, -0.25) is 9.69 Å². The van der Waals surface area contributed by atoms with Crippen molar-refractivity contribution in [3.8, 4) is 22.9 Å². The molecule has 0 saturated heterocycles. The van der Waals surface area contributed by atoms with E-state index in [9.17, 15) is 4.79 Å². The van der Waals surface area contributed by atoms with Crippen molar-refractivity contribution in [3.05, 3.63) is 53.6 Å². The summed E-state index contributed by atoms with van der Waals surface area (Å²) in [6.07, 6.45) is 0.349. The second kappa shape index (κ2) is 9.79. The quantitative estimate of drug-likeness (QED) is 0.450. The van der Waals surface area contributed by atoms with Crippen LogP contribution in [-0.2, 0) is 4.79 Å². The molecule has 33 heavy (non-hydrogen) atoms. The molecule has 1 atom stereocenters. The van der Waals surface area contributed by atoms with Crippen LogP contribution < -0.4 is 14.4 Å². The van der Waals surface area contributed by atoms with Gasteiger partial charge < -0.3 is 9.47 Å². The largest absolute Gasteiger partial charge is 0.497 e. The van der Waals surface area contributed by atoms with E-state index in [2.05, 4.69) is 24.0 Å². The summed E-state index contributed by atoms with van der Waals surface area (Å²) in [7, 11) is 1.62. The van der Waals surface area contributed by atoms with Crippen LogP contribution in [0.5, 0.6) is 11.6 Å². The molecule has 1 aromatic heterocycles. The topological polar surface area (TPSA) is 77.4 Å². The van der Waals surface area contributed by atoms with Gasteiger partial charge in [-0.2, -0.15) is 4.98 Å². The van der Waals surface area contributed by atoms with Gasteiger partial charge in [0.1, 0.15) is 5.75 Å². The molecule has 8 heteroatoms. The molecule has 0 fully saturated rings. The fourth-order valence-electron chi connectivity index (χ4n) is 3.65. The van der Waals surface area contributed by atoms with E-state index in [-0.39, 0.29) is 5.91 Å². The third-order valence-corrected chi connectivity index (χ3v) is 6.30. The molecule has 0 unspecified atom stereocenters. The highest BCUT2D eigenvalue weighted by atomic mass is 32.2. The Morgan fingerprint density at radius 1 is 1.18 bits per heavy atom. The number of carbonyl (C=O) groups excluding carboxylic acids is 1. The van der Waals surface area contributed by atoms with Crippen LogP contribution in [0.25, 0.3) is 11.3 Å². The number of nitrogens with zero attached hydrogens (tertiary/aromatic N) is 4. The summed E-state index contributed by atoms with van der Waals surface area (Å²) >= 11 is 1.56. The Morgan fingerprint density at radius 2 is 1.94 bits per heavy atom. The minimum Gasteiger partial charge on any atom is -0.497 e. The summed E-state index contributed by atoms with van der Waals surface area (Å²) in [6.45, 7) is 7.91. The highest BCUT2D eigenvalue weighted by Crippen LogP contribution is 2.44. The molecule has 0 spiro atoms. The van der Waals surface area contributed by atoms with Crippen molar-refractivity contribution >= 4 is 23.4 Å². The Hall–Kier alpha value is -3.13. The maximum atomic E-state index is 12.9. The molecule has 0 bridgehead atoms. The van der Waals surface area contributed by atoms with Crippen LogP contribution >= 0.6 is 11.8 Å². The summed E-state index contributed by atoms with van der Waals surface area (Å²) < 4.78 is 11.7. The zero-order chi connectivity index (χ0) is 23.5. The summed E-state index contributed by atoms with van der Waals surface area (Å²) in [6, 6.07) is 13.4. The molecule has 0 aliphatic carbocycles. The van der Waals surface area contributed by atoms with E-state index in [4.69, 9.17) is 14.5 Å². The predicted octanol–water partition coefficient (Wildman–Crippen LogP) is 5.44. The van der Waals surface area contributed by atoms with E-state index in [0.29, 0.717) is 28.3 Å². The van der Waals surface area contributed by atoms with Crippen LogP contribution in [0.15, 0.2) is 47.6 Å². The van der Waals surface area contributed by atoms with Gasteiger partial charge in [0.25, 0.3) is 0 Å². The van der Waals surface area contributed by atoms with E-state index in [0.717, 1.165) is 34.6 Å². The van der Waals surface area contributed by atoms with E-state index >= 15 is 0 Å². The molecule has 4 rings (SSSR count). The smallest absolute Gasteiger partial charge is 0.247 e. The summed E-state index contributed by atoms with van der Waals surface area (Å²) in [5.74, 6) is 2.45. The lowest BCUT2D eigenvalue weighted by atomic mass is 10.0. The van der Waals surface area contributed by atoms with Crippen LogP contribution in [0.3, 0.4) is 0 Å². The minimum atomic E-state index is -0.707. The summed E-state index contributed by atoms with van der Waals surface area (Å²) in [5.41, 5.74) is 3.87. The Kier molecular flexibility index (Phi) is 6.83. The van der Waals surface area contributed by atoms with Crippen LogP contribution in [-0.4, -0.2) is 34.0 Å². The van der Waals surface area contributed by atoms with Gasteiger partial charge in [0, 0.05) is 23.8 Å². The van der Waals surface area contributed by atoms with Crippen molar-refractivity contribution < 1.29 is 14.3 Å². The standard InChI is InChI=1S/C25H28N4O3S/c1-15(2)12-13-33-25-26-23-22(27-28-25)20-14-16(3)6-11-21(20)29(17(4)30)24(32-23)18-7-9-19(31-5)10-8-18/h6-11,14-15,24H,12-13H2,1-5H3/t24-/m1/s1. The zero-order valence-corrected chi connectivity index (χ0v) is 20.3. The van der Waals surface area contributed by atoms with Crippen LogP contribution in [0.1, 0.15) is 44.5 Å². The normalized spacial score (nSPS) is 14.8. The molecule has 1 aliphatic heterocycles. The number of rotatable bonds is 6. The first-order chi connectivity index (χ1) is 15.9. The van der Waals surface area contributed by atoms with Gasteiger partial charge in [0.05, 0.1) is 12.8 Å². The third kappa shape index (κ3) is 4.95. The number of aromatic nitrogens is 3. The number of benzene rings is 2. The van der Waals surface area contributed by atoms with Crippen LogP contribution in [0.4, 0.5) is 5.69 Å². The second-order valence-electron chi connectivity index (χ2n) is 8.43. The number of ether oxygens (including phenoxy) is 2. The number of methoxy groups -OCH3 is 1. The van der Waals surface area contributed by atoms with Gasteiger partial charge >= 0.3 is 0 Å². The van der Waals surface area contributed by atoms with E-state index < -0.39 is 6.23 Å². The van der Waals surface area contributed by atoms with Crippen molar-refractivity contribution in [3.63, 3.8) is 0 Å². The zero-order valence-electron chi connectivity index (χ0n) is 19.5. The molecule has 1 aliphatic rings. The maximum absolute atomic E-state index is 12.9. The SMILES string of the molecule is COc1ccc([C@H]2Oc3nc(SCCC(C)C)nnc3-c3cc(C)ccc3N2C(C)=O)cc1. The maximum Gasteiger partial charge on any atom is 0.247 e. The van der Waals surface area contributed by atoms with Crippen molar-refractivity contribution in [1.82, 2.24) is 15.2 Å². The Bertz CT molecular complexity index is 1150. The number of fused-ring (bicyclic) bond motifs is 3. The number of aryl methyl sites for hydroxylation is 1. The Labute approximate surface area is 198 Å². The number of amides is 1. The number of hydrogen-bond acceptors (Lipinski definition) is 7. The molecule has 3 aromatic rings. The first kappa shape index (κ1) is 23.0. The summed E-state index contributed by atoms with van der Waals surface area (Å²) in [4.78, 5) is 19.2. The molecule has 0 radical (unpaired) electrons. The average molecular weight is 465 g/mol. The fraction of sp³-hybridized carbons (Fsp3) is 0.360. The highest BCUT2D eigenvalue weighted by Gasteiger charge is 2.34. The molecule has 172 valence electrons. The average Bonchev–Trinajstić information content (AvgIpc) is 2.93. The van der Waals surface area contributed by atoms with E-state index in [1.807, 2.05) is 49.4 Å². The molecule has 0 N–H and O–H groups in total. The molecular weight excluding hydrogens is 436 g/mol. The third-order valence-electron chi connectivity index (χ3n) is 5.43. The Balaban J connectivity index is 1.83. The molecule has 1 amide bonds. The Morgan fingerprint density at radius 3 is 2.61 bits per heavy atom. The van der Waals surface area contributed by atoms with Gasteiger partial charge in [0.15, 0.2) is 5.69 Å². The number of anilines is 1. The first-order valence-corrected chi connectivity index (χ1v) is 11.9. The first-order valence-electron chi connectivity index (χ1n) is 11.0. The molecule has 7 nitrogen and oxygen atoms in total.